The van der Waals surface area contributed by atoms with Crippen molar-refractivity contribution >= 4 is 5.97 Å². The summed E-state index contributed by atoms with van der Waals surface area (Å²) in [6, 6.07) is -0.470. The van der Waals surface area contributed by atoms with Crippen molar-refractivity contribution in [3.63, 3.8) is 0 Å². The molecule has 0 aliphatic heterocycles. The first-order valence-corrected chi connectivity index (χ1v) is 7.72. The molecule has 0 aromatic heterocycles. The molecule has 0 bridgehead atoms. The van der Waals surface area contributed by atoms with Gasteiger partial charge in [0.15, 0.2) is 0 Å². The van der Waals surface area contributed by atoms with Gasteiger partial charge < -0.3 is 15.7 Å². The van der Waals surface area contributed by atoms with Crippen LogP contribution in [-0.4, -0.2) is 36.8 Å². The van der Waals surface area contributed by atoms with Crippen LogP contribution in [0.5, 0.6) is 0 Å². The Bertz CT molecular complexity index is 239. The Morgan fingerprint density at radius 1 is 1.05 bits per heavy atom. The predicted octanol–water partition coefficient (Wildman–Crippen LogP) is 3.52. The summed E-state index contributed by atoms with van der Waals surface area (Å²) in [5.74, 6) is -0.780. The smallest absolute Gasteiger partial charge is 0.320 e. The summed E-state index contributed by atoms with van der Waals surface area (Å²) in [4.78, 5) is 11.0. The van der Waals surface area contributed by atoms with Crippen molar-refractivity contribution in [2.75, 3.05) is 14.1 Å². The first kappa shape index (κ1) is 24.4. The fourth-order valence-electron chi connectivity index (χ4n) is 2.22. The van der Waals surface area contributed by atoms with Crippen LogP contribution in [0.3, 0.4) is 0 Å². The SMILES string of the molecule is CC.CC.CNC(CC(C)(C)CC(C)(C)NC)C(=O)O. The van der Waals surface area contributed by atoms with Gasteiger partial charge in [0.25, 0.3) is 0 Å². The van der Waals surface area contributed by atoms with Crippen molar-refractivity contribution < 1.29 is 9.90 Å². The Hall–Kier alpha value is -0.610. The number of rotatable bonds is 7. The average Bonchev–Trinajstić information content (AvgIpc) is 2.39. The molecular weight excluding hydrogens is 252 g/mol. The molecule has 0 fully saturated rings. The summed E-state index contributed by atoms with van der Waals surface area (Å²) in [6.07, 6.45) is 1.56. The molecular formula is C16H38N2O2. The number of carboxylic acids is 1. The van der Waals surface area contributed by atoms with Gasteiger partial charge in [0.1, 0.15) is 6.04 Å². The third-order valence-electron chi connectivity index (χ3n) is 3.00. The molecule has 0 aliphatic carbocycles. The van der Waals surface area contributed by atoms with E-state index in [0.29, 0.717) is 6.42 Å². The number of nitrogens with one attached hydrogen (secondary N) is 2. The minimum atomic E-state index is -0.780. The van der Waals surface area contributed by atoms with Gasteiger partial charge in [0, 0.05) is 5.54 Å². The Morgan fingerprint density at radius 2 is 1.45 bits per heavy atom. The zero-order valence-corrected chi connectivity index (χ0v) is 15.3. The highest BCUT2D eigenvalue weighted by atomic mass is 16.4. The Morgan fingerprint density at radius 3 is 1.70 bits per heavy atom. The van der Waals surface area contributed by atoms with Gasteiger partial charge in [-0.15, -0.1) is 0 Å². The highest BCUT2D eigenvalue weighted by Gasteiger charge is 2.31. The summed E-state index contributed by atoms with van der Waals surface area (Å²) in [5, 5.41) is 15.1. The van der Waals surface area contributed by atoms with Crippen LogP contribution in [0.1, 0.15) is 68.2 Å². The summed E-state index contributed by atoms with van der Waals surface area (Å²) >= 11 is 0. The number of likely N-dealkylation sites (N-methyl/N-ethyl adjacent to an activating group) is 1. The second-order valence-electron chi connectivity index (χ2n) is 5.86. The van der Waals surface area contributed by atoms with Crippen molar-refractivity contribution in [3.05, 3.63) is 0 Å². The molecule has 0 radical (unpaired) electrons. The van der Waals surface area contributed by atoms with E-state index in [2.05, 4.69) is 38.3 Å². The Balaban J connectivity index is -0.000000656. The van der Waals surface area contributed by atoms with Crippen molar-refractivity contribution in [1.29, 1.82) is 0 Å². The highest BCUT2D eigenvalue weighted by Crippen LogP contribution is 2.32. The summed E-state index contributed by atoms with van der Waals surface area (Å²) in [6.45, 7) is 16.5. The normalized spacial score (nSPS) is 12.5. The molecule has 0 spiro atoms. The molecule has 0 saturated carbocycles. The van der Waals surface area contributed by atoms with E-state index in [0.717, 1.165) is 6.42 Å². The van der Waals surface area contributed by atoms with Gasteiger partial charge in [-0.2, -0.15) is 0 Å². The summed E-state index contributed by atoms with van der Waals surface area (Å²) < 4.78 is 0. The van der Waals surface area contributed by atoms with Gasteiger partial charge in [-0.1, -0.05) is 41.5 Å². The molecule has 0 heterocycles. The van der Waals surface area contributed by atoms with Crippen LogP contribution in [0, 0.1) is 5.41 Å². The third-order valence-corrected chi connectivity index (χ3v) is 3.00. The van der Waals surface area contributed by atoms with E-state index in [4.69, 9.17) is 5.11 Å². The molecule has 0 aromatic rings. The lowest BCUT2D eigenvalue weighted by molar-refractivity contribution is -0.140. The molecule has 0 aromatic carbocycles. The van der Waals surface area contributed by atoms with Crippen LogP contribution in [-0.2, 0) is 4.79 Å². The largest absolute Gasteiger partial charge is 0.480 e. The van der Waals surface area contributed by atoms with E-state index in [1.54, 1.807) is 7.05 Å². The zero-order chi connectivity index (χ0) is 17.0. The first-order chi connectivity index (χ1) is 9.13. The predicted molar refractivity (Wildman–Crippen MR) is 89.3 cm³/mol. The topological polar surface area (TPSA) is 61.4 Å². The molecule has 0 aliphatic rings. The number of aliphatic carboxylic acids is 1. The van der Waals surface area contributed by atoms with Crippen molar-refractivity contribution in [2.24, 2.45) is 5.41 Å². The van der Waals surface area contributed by atoms with Crippen LogP contribution in [0.15, 0.2) is 0 Å². The van der Waals surface area contributed by atoms with Crippen LogP contribution in [0.2, 0.25) is 0 Å². The van der Waals surface area contributed by atoms with E-state index < -0.39 is 12.0 Å². The van der Waals surface area contributed by atoms with Gasteiger partial charge in [-0.05, 0) is 46.2 Å². The molecule has 0 rings (SSSR count). The van der Waals surface area contributed by atoms with E-state index >= 15 is 0 Å². The lowest BCUT2D eigenvalue weighted by Crippen LogP contribution is -2.44. The molecule has 1 unspecified atom stereocenters. The molecule has 0 amide bonds. The van der Waals surface area contributed by atoms with Crippen molar-refractivity contribution in [1.82, 2.24) is 10.6 Å². The number of hydrogen-bond acceptors (Lipinski definition) is 3. The fraction of sp³-hybridized carbons (Fsp3) is 0.938. The minimum absolute atomic E-state index is 0.0153. The number of carboxylic acid groups (broad SMARTS) is 1. The van der Waals surface area contributed by atoms with Crippen LogP contribution < -0.4 is 10.6 Å². The maximum atomic E-state index is 11.0. The van der Waals surface area contributed by atoms with Crippen molar-refractivity contribution in [3.8, 4) is 0 Å². The van der Waals surface area contributed by atoms with E-state index in [-0.39, 0.29) is 11.0 Å². The van der Waals surface area contributed by atoms with Crippen LogP contribution in [0.4, 0.5) is 0 Å². The first-order valence-electron chi connectivity index (χ1n) is 7.72. The quantitative estimate of drug-likeness (QED) is 0.671. The van der Waals surface area contributed by atoms with Gasteiger partial charge in [0.05, 0.1) is 0 Å². The second-order valence-corrected chi connectivity index (χ2v) is 5.86. The molecule has 4 nitrogen and oxygen atoms in total. The Labute approximate surface area is 126 Å². The average molecular weight is 290 g/mol. The molecule has 3 N–H and O–H groups in total. The Kier molecular flexibility index (Phi) is 14.8. The zero-order valence-electron chi connectivity index (χ0n) is 15.3. The molecule has 4 heteroatoms. The maximum absolute atomic E-state index is 11.0. The van der Waals surface area contributed by atoms with Gasteiger partial charge >= 0.3 is 5.97 Å². The number of hydrogen-bond donors (Lipinski definition) is 3. The second kappa shape index (κ2) is 12.2. The monoisotopic (exact) mass is 290 g/mol. The third kappa shape index (κ3) is 12.4. The van der Waals surface area contributed by atoms with E-state index in [1.807, 2.05) is 34.7 Å². The summed E-state index contributed by atoms with van der Waals surface area (Å²) in [7, 11) is 3.63. The lowest BCUT2D eigenvalue weighted by Gasteiger charge is -2.36. The van der Waals surface area contributed by atoms with Gasteiger partial charge in [-0.3, -0.25) is 4.79 Å². The van der Waals surface area contributed by atoms with Crippen LogP contribution in [0.25, 0.3) is 0 Å². The lowest BCUT2D eigenvalue weighted by atomic mass is 9.76. The van der Waals surface area contributed by atoms with E-state index in [9.17, 15) is 4.79 Å². The summed E-state index contributed by atoms with van der Waals surface area (Å²) in [5.41, 5.74) is 0.0128. The van der Waals surface area contributed by atoms with E-state index in [1.165, 1.54) is 0 Å². The maximum Gasteiger partial charge on any atom is 0.320 e. The van der Waals surface area contributed by atoms with Crippen LogP contribution >= 0.6 is 0 Å². The fourth-order valence-corrected chi connectivity index (χ4v) is 2.22. The highest BCUT2D eigenvalue weighted by molar-refractivity contribution is 5.73. The van der Waals surface area contributed by atoms with Gasteiger partial charge in [0.2, 0.25) is 0 Å². The molecule has 0 saturated heterocycles. The standard InChI is InChI=1S/C12H26N2O2.2C2H6/c1-11(2,8-12(3,4)14-6)7-9(13-5)10(15)16;2*1-2/h9,13-14H,7-8H2,1-6H3,(H,15,16);2*1-2H3. The molecule has 20 heavy (non-hydrogen) atoms. The van der Waals surface area contributed by atoms with Gasteiger partial charge in [-0.25, -0.2) is 0 Å². The number of carbonyl (C=O) groups is 1. The minimum Gasteiger partial charge on any atom is -0.480 e. The molecule has 1 atom stereocenters. The van der Waals surface area contributed by atoms with Crippen molar-refractivity contribution in [2.45, 2.75) is 79.8 Å². The molecule has 124 valence electrons.